The van der Waals surface area contributed by atoms with E-state index in [1.165, 1.54) is 56.9 Å². The fourth-order valence-electron chi connectivity index (χ4n) is 4.48. The Morgan fingerprint density at radius 2 is 1.65 bits per heavy atom. The Morgan fingerprint density at radius 3 is 2.40 bits per heavy atom. The van der Waals surface area contributed by atoms with Crippen molar-refractivity contribution in [2.45, 2.75) is 70.4 Å². The van der Waals surface area contributed by atoms with Gasteiger partial charge in [-0.3, -0.25) is 0 Å². The molecule has 0 radical (unpaired) electrons. The molecule has 1 aromatic rings. The Kier molecular flexibility index (Phi) is 4.77. The number of benzene rings is 1. The van der Waals surface area contributed by atoms with Crippen molar-refractivity contribution in [2.75, 3.05) is 0 Å². The summed E-state index contributed by atoms with van der Waals surface area (Å²) in [6.45, 7) is 2.32. The zero-order valence-electron chi connectivity index (χ0n) is 12.9. The third-order valence-corrected chi connectivity index (χ3v) is 5.59. The average molecular weight is 271 g/mol. The van der Waals surface area contributed by atoms with E-state index in [-0.39, 0.29) is 0 Å². The predicted molar refractivity (Wildman–Crippen MR) is 85.7 cm³/mol. The van der Waals surface area contributed by atoms with Crippen molar-refractivity contribution in [2.24, 2.45) is 11.8 Å². The summed E-state index contributed by atoms with van der Waals surface area (Å²) >= 11 is 0. The first-order chi connectivity index (χ1) is 9.84. The van der Waals surface area contributed by atoms with Gasteiger partial charge in [-0.1, -0.05) is 68.9 Å². The highest BCUT2D eigenvalue weighted by atomic mass is 15.0. The number of hydrogen-bond donors (Lipinski definition) is 1. The van der Waals surface area contributed by atoms with E-state index in [1.807, 2.05) is 0 Å². The zero-order valence-corrected chi connectivity index (χ0v) is 12.9. The third kappa shape index (κ3) is 3.25. The predicted octanol–water partition coefficient (Wildman–Crippen LogP) is 5.09. The molecule has 110 valence electrons. The van der Waals surface area contributed by atoms with Gasteiger partial charge in [-0.05, 0) is 37.2 Å². The maximum absolute atomic E-state index is 3.94. The van der Waals surface area contributed by atoms with Gasteiger partial charge in [0, 0.05) is 12.1 Å². The van der Waals surface area contributed by atoms with E-state index in [9.17, 15) is 0 Å². The topological polar surface area (TPSA) is 12.0 Å². The van der Waals surface area contributed by atoms with Gasteiger partial charge in [-0.15, -0.1) is 0 Å². The molecule has 1 heteroatoms. The van der Waals surface area contributed by atoms with Crippen molar-refractivity contribution in [3.63, 3.8) is 0 Å². The van der Waals surface area contributed by atoms with E-state index in [0.29, 0.717) is 6.04 Å². The molecular formula is C19H29N. The van der Waals surface area contributed by atoms with Crippen LogP contribution in [0.2, 0.25) is 0 Å². The Balaban J connectivity index is 1.61. The Bertz CT molecular complexity index is 393. The number of rotatable bonds is 4. The molecule has 1 unspecified atom stereocenters. The van der Waals surface area contributed by atoms with Gasteiger partial charge < -0.3 is 5.32 Å². The minimum Gasteiger partial charge on any atom is -0.307 e. The van der Waals surface area contributed by atoms with Crippen LogP contribution in [0.15, 0.2) is 30.3 Å². The van der Waals surface area contributed by atoms with E-state index >= 15 is 0 Å². The average Bonchev–Trinajstić information content (AvgIpc) is 2.97. The Morgan fingerprint density at radius 1 is 0.900 bits per heavy atom. The molecule has 2 aliphatic rings. The van der Waals surface area contributed by atoms with Crippen LogP contribution < -0.4 is 5.32 Å². The second kappa shape index (κ2) is 6.76. The molecule has 20 heavy (non-hydrogen) atoms. The molecule has 0 heterocycles. The van der Waals surface area contributed by atoms with Crippen molar-refractivity contribution in [3.05, 3.63) is 35.9 Å². The lowest BCUT2D eigenvalue weighted by Crippen LogP contribution is -2.38. The Labute approximate surface area is 124 Å². The summed E-state index contributed by atoms with van der Waals surface area (Å²) in [5.74, 6) is 1.95. The minimum atomic E-state index is 0.491. The zero-order chi connectivity index (χ0) is 13.8. The summed E-state index contributed by atoms with van der Waals surface area (Å²) < 4.78 is 0. The largest absolute Gasteiger partial charge is 0.307 e. The number of nitrogens with one attached hydrogen (secondary N) is 1. The fraction of sp³-hybridized carbons (Fsp3) is 0.684. The second-order valence-electron chi connectivity index (χ2n) is 6.90. The maximum atomic E-state index is 3.94. The van der Waals surface area contributed by atoms with Gasteiger partial charge in [0.1, 0.15) is 0 Å². The molecule has 0 saturated heterocycles. The second-order valence-corrected chi connectivity index (χ2v) is 6.90. The van der Waals surface area contributed by atoms with Crippen LogP contribution in [0.5, 0.6) is 0 Å². The summed E-state index contributed by atoms with van der Waals surface area (Å²) in [6.07, 6.45) is 11.7. The maximum Gasteiger partial charge on any atom is 0.0294 e. The molecule has 3 atom stereocenters. The molecule has 3 rings (SSSR count). The lowest BCUT2D eigenvalue weighted by atomic mass is 9.77. The fourth-order valence-corrected chi connectivity index (χ4v) is 4.48. The molecule has 2 saturated carbocycles. The van der Waals surface area contributed by atoms with E-state index < -0.39 is 0 Å². The van der Waals surface area contributed by atoms with Crippen LogP contribution >= 0.6 is 0 Å². The lowest BCUT2D eigenvalue weighted by Gasteiger charge is -2.33. The molecule has 2 fully saturated rings. The number of hydrogen-bond acceptors (Lipinski definition) is 1. The van der Waals surface area contributed by atoms with Crippen LogP contribution in [-0.4, -0.2) is 6.04 Å². The first kappa shape index (κ1) is 14.1. The highest BCUT2D eigenvalue weighted by molar-refractivity contribution is 5.18. The van der Waals surface area contributed by atoms with Crippen molar-refractivity contribution < 1.29 is 0 Å². The van der Waals surface area contributed by atoms with Gasteiger partial charge in [-0.25, -0.2) is 0 Å². The lowest BCUT2D eigenvalue weighted by molar-refractivity contribution is 0.209. The molecule has 0 aromatic heterocycles. The summed E-state index contributed by atoms with van der Waals surface area (Å²) in [5, 5.41) is 3.94. The highest BCUT2D eigenvalue weighted by Crippen LogP contribution is 2.40. The molecule has 1 aromatic carbocycles. The quantitative estimate of drug-likeness (QED) is 0.804. The van der Waals surface area contributed by atoms with Crippen LogP contribution in [0.25, 0.3) is 0 Å². The standard InChI is InChI=1S/C19H29N/c1-15(16-9-4-2-5-10-16)20-19-14-8-13-18(19)17-11-6-3-7-12-17/h2,4-5,9-10,15,17-20H,3,6-8,11-14H2,1H3/t15?,18-,19-/m0/s1. The van der Waals surface area contributed by atoms with Gasteiger partial charge >= 0.3 is 0 Å². The van der Waals surface area contributed by atoms with Gasteiger partial charge in [0.25, 0.3) is 0 Å². The summed E-state index contributed by atoms with van der Waals surface area (Å²) in [4.78, 5) is 0. The molecule has 1 nitrogen and oxygen atoms in total. The van der Waals surface area contributed by atoms with Crippen molar-refractivity contribution in [3.8, 4) is 0 Å². The molecule has 2 aliphatic carbocycles. The molecule has 0 bridgehead atoms. The van der Waals surface area contributed by atoms with Crippen LogP contribution in [0, 0.1) is 11.8 Å². The first-order valence-electron chi connectivity index (χ1n) is 8.65. The molecule has 0 spiro atoms. The third-order valence-electron chi connectivity index (χ3n) is 5.59. The van der Waals surface area contributed by atoms with Gasteiger partial charge in [-0.2, -0.15) is 0 Å². The van der Waals surface area contributed by atoms with Crippen molar-refractivity contribution in [1.29, 1.82) is 0 Å². The summed E-state index contributed by atoms with van der Waals surface area (Å²) in [6, 6.07) is 12.2. The molecule has 1 N–H and O–H groups in total. The van der Waals surface area contributed by atoms with E-state index in [1.54, 1.807) is 0 Å². The van der Waals surface area contributed by atoms with Crippen molar-refractivity contribution >= 4 is 0 Å². The minimum absolute atomic E-state index is 0.491. The van der Waals surface area contributed by atoms with Crippen LogP contribution in [-0.2, 0) is 0 Å². The van der Waals surface area contributed by atoms with Crippen LogP contribution in [0.3, 0.4) is 0 Å². The first-order valence-corrected chi connectivity index (χ1v) is 8.65. The van der Waals surface area contributed by atoms with Gasteiger partial charge in [0.15, 0.2) is 0 Å². The molecule has 0 amide bonds. The van der Waals surface area contributed by atoms with Crippen LogP contribution in [0.4, 0.5) is 0 Å². The molecule has 0 aliphatic heterocycles. The summed E-state index contributed by atoms with van der Waals surface area (Å²) in [7, 11) is 0. The monoisotopic (exact) mass is 271 g/mol. The van der Waals surface area contributed by atoms with Gasteiger partial charge in [0.2, 0.25) is 0 Å². The SMILES string of the molecule is CC(N[C@H]1CCC[C@H]1C1CCCCC1)c1ccccc1. The van der Waals surface area contributed by atoms with Crippen LogP contribution in [0.1, 0.15) is 69.9 Å². The van der Waals surface area contributed by atoms with Gasteiger partial charge in [0.05, 0.1) is 0 Å². The Hall–Kier alpha value is -0.820. The summed E-state index contributed by atoms with van der Waals surface area (Å²) in [5.41, 5.74) is 1.43. The van der Waals surface area contributed by atoms with E-state index in [0.717, 1.165) is 17.9 Å². The molecular weight excluding hydrogens is 242 g/mol. The van der Waals surface area contributed by atoms with E-state index in [4.69, 9.17) is 0 Å². The van der Waals surface area contributed by atoms with Crippen molar-refractivity contribution in [1.82, 2.24) is 5.32 Å². The normalized spacial score (nSPS) is 29.4. The highest BCUT2D eigenvalue weighted by Gasteiger charge is 2.34. The van der Waals surface area contributed by atoms with E-state index in [2.05, 4.69) is 42.6 Å². The smallest absolute Gasteiger partial charge is 0.0294 e.